The molecule has 2 rings (SSSR count). The average molecular weight is 338 g/mol. The number of halogens is 2. The number of nitrogens with one attached hydrogen (secondary N) is 1. The van der Waals surface area contributed by atoms with E-state index in [-0.39, 0.29) is 5.56 Å². The Balaban J connectivity index is 1.90. The molecule has 6 heteroatoms. The Morgan fingerprint density at radius 2 is 1.64 bits per heavy atom. The van der Waals surface area contributed by atoms with E-state index in [4.69, 9.17) is 27.9 Å². The summed E-state index contributed by atoms with van der Waals surface area (Å²) in [6.45, 7) is 1.56. The first kappa shape index (κ1) is 16.3. The van der Waals surface area contributed by atoms with Crippen molar-refractivity contribution in [2.45, 2.75) is 6.92 Å². The quantitative estimate of drug-likeness (QED) is 0.854. The molecule has 0 aliphatic carbocycles. The molecule has 0 unspecified atom stereocenters. The second kappa shape index (κ2) is 7.29. The number of carbonyl (C=O) groups excluding carboxylic acids is 2. The number of amides is 1. The van der Waals surface area contributed by atoms with Gasteiger partial charge in [-0.15, -0.1) is 0 Å². The van der Waals surface area contributed by atoms with Crippen LogP contribution < -0.4 is 5.32 Å². The van der Waals surface area contributed by atoms with E-state index in [1.54, 1.807) is 12.1 Å². The molecule has 0 saturated heterocycles. The Bertz CT molecular complexity index is 679. The maximum absolute atomic E-state index is 11.8. The molecule has 0 aliphatic rings. The highest BCUT2D eigenvalue weighted by Crippen LogP contribution is 2.19. The van der Waals surface area contributed by atoms with Gasteiger partial charge in [-0.2, -0.15) is 0 Å². The molecular formula is C16H13Cl2NO3. The maximum atomic E-state index is 11.8. The van der Waals surface area contributed by atoms with Gasteiger partial charge in [-0.25, -0.2) is 4.79 Å². The first-order valence-corrected chi connectivity index (χ1v) is 7.19. The van der Waals surface area contributed by atoms with Crippen LogP contribution in [0, 0.1) is 6.92 Å². The molecule has 0 radical (unpaired) electrons. The summed E-state index contributed by atoms with van der Waals surface area (Å²) in [5.41, 5.74) is 1.92. The zero-order valence-electron chi connectivity index (χ0n) is 11.7. The zero-order chi connectivity index (χ0) is 16.1. The molecule has 0 saturated carbocycles. The predicted molar refractivity (Wildman–Crippen MR) is 86.6 cm³/mol. The second-order valence-electron chi connectivity index (χ2n) is 4.65. The van der Waals surface area contributed by atoms with E-state index in [2.05, 4.69) is 5.32 Å². The molecule has 0 spiro atoms. The molecule has 0 aromatic heterocycles. The molecule has 2 aromatic rings. The average Bonchev–Trinajstić information content (AvgIpc) is 2.46. The zero-order valence-corrected chi connectivity index (χ0v) is 13.2. The first-order chi connectivity index (χ1) is 10.4. The standard InChI is InChI=1S/C16H13Cl2NO3/c1-10-2-4-14(5-3-10)19-15(20)9-22-16(21)11-6-12(17)8-13(18)7-11/h2-8H,9H2,1H3,(H,19,20). The number of benzene rings is 2. The maximum Gasteiger partial charge on any atom is 0.338 e. The number of esters is 1. The van der Waals surface area contributed by atoms with Crippen LogP contribution in [0.2, 0.25) is 10.0 Å². The van der Waals surface area contributed by atoms with Crippen LogP contribution >= 0.6 is 23.2 Å². The highest BCUT2D eigenvalue weighted by Gasteiger charge is 2.12. The van der Waals surface area contributed by atoms with Crippen LogP contribution in [0.25, 0.3) is 0 Å². The van der Waals surface area contributed by atoms with Crippen molar-refractivity contribution in [2.24, 2.45) is 0 Å². The van der Waals surface area contributed by atoms with Crippen LogP contribution in [0.1, 0.15) is 15.9 Å². The lowest BCUT2D eigenvalue weighted by Crippen LogP contribution is -2.20. The normalized spacial score (nSPS) is 10.1. The molecule has 0 aliphatic heterocycles. The van der Waals surface area contributed by atoms with Crippen molar-refractivity contribution in [3.63, 3.8) is 0 Å². The SMILES string of the molecule is Cc1ccc(NC(=O)COC(=O)c2cc(Cl)cc(Cl)c2)cc1. The smallest absolute Gasteiger partial charge is 0.338 e. The third-order valence-electron chi connectivity index (χ3n) is 2.77. The highest BCUT2D eigenvalue weighted by molar-refractivity contribution is 6.35. The van der Waals surface area contributed by atoms with E-state index in [1.807, 2.05) is 19.1 Å². The summed E-state index contributed by atoms with van der Waals surface area (Å²) in [6.07, 6.45) is 0. The topological polar surface area (TPSA) is 55.4 Å². The number of carbonyl (C=O) groups is 2. The number of aryl methyl sites for hydroxylation is 1. The van der Waals surface area contributed by atoms with Gasteiger partial charge in [-0.05, 0) is 37.3 Å². The molecular weight excluding hydrogens is 325 g/mol. The molecule has 0 heterocycles. The summed E-state index contributed by atoms with van der Waals surface area (Å²) in [5, 5.41) is 3.28. The van der Waals surface area contributed by atoms with E-state index in [0.29, 0.717) is 15.7 Å². The van der Waals surface area contributed by atoms with E-state index >= 15 is 0 Å². The molecule has 1 N–H and O–H groups in total. The van der Waals surface area contributed by atoms with Crippen molar-refractivity contribution >= 4 is 40.8 Å². The molecule has 0 fully saturated rings. The number of ether oxygens (including phenoxy) is 1. The summed E-state index contributed by atoms with van der Waals surface area (Å²) >= 11 is 11.6. The largest absolute Gasteiger partial charge is 0.452 e. The lowest BCUT2D eigenvalue weighted by molar-refractivity contribution is -0.119. The number of rotatable bonds is 4. The van der Waals surface area contributed by atoms with Gasteiger partial charge in [-0.1, -0.05) is 40.9 Å². The molecule has 2 aromatic carbocycles. The van der Waals surface area contributed by atoms with Crippen LogP contribution in [0.4, 0.5) is 5.69 Å². The van der Waals surface area contributed by atoms with Crippen LogP contribution in [0.3, 0.4) is 0 Å². The van der Waals surface area contributed by atoms with E-state index in [9.17, 15) is 9.59 Å². The van der Waals surface area contributed by atoms with Gasteiger partial charge in [0, 0.05) is 15.7 Å². The lowest BCUT2D eigenvalue weighted by Gasteiger charge is -2.07. The van der Waals surface area contributed by atoms with Crippen molar-refractivity contribution in [1.29, 1.82) is 0 Å². The summed E-state index contributed by atoms with van der Waals surface area (Å²) in [6, 6.07) is 11.6. The van der Waals surface area contributed by atoms with Gasteiger partial charge < -0.3 is 10.1 Å². The van der Waals surface area contributed by atoms with Crippen LogP contribution in [0.15, 0.2) is 42.5 Å². The van der Waals surface area contributed by atoms with Gasteiger partial charge in [-0.3, -0.25) is 4.79 Å². The van der Waals surface area contributed by atoms with Gasteiger partial charge in [0.1, 0.15) is 0 Å². The molecule has 22 heavy (non-hydrogen) atoms. The monoisotopic (exact) mass is 337 g/mol. The van der Waals surface area contributed by atoms with E-state index < -0.39 is 18.5 Å². The van der Waals surface area contributed by atoms with Crippen molar-refractivity contribution in [3.8, 4) is 0 Å². The fraction of sp³-hybridized carbons (Fsp3) is 0.125. The minimum atomic E-state index is -0.663. The number of anilines is 1. The van der Waals surface area contributed by atoms with Gasteiger partial charge >= 0.3 is 5.97 Å². The lowest BCUT2D eigenvalue weighted by atomic mass is 10.2. The summed E-state index contributed by atoms with van der Waals surface area (Å²) < 4.78 is 4.93. The Kier molecular flexibility index (Phi) is 5.41. The summed E-state index contributed by atoms with van der Waals surface area (Å²) in [7, 11) is 0. The minimum Gasteiger partial charge on any atom is -0.452 e. The minimum absolute atomic E-state index is 0.195. The van der Waals surface area contributed by atoms with Crippen molar-refractivity contribution in [3.05, 3.63) is 63.6 Å². The van der Waals surface area contributed by atoms with E-state index in [1.165, 1.54) is 18.2 Å². The van der Waals surface area contributed by atoms with Gasteiger partial charge in [0.2, 0.25) is 0 Å². The fourth-order valence-corrected chi connectivity index (χ4v) is 2.25. The van der Waals surface area contributed by atoms with E-state index in [0.717, 1.165) is 5.56 Å². The number of hydrogen-bond donors (Lipinski definition) is 1. The van der Waals surface area contributed by atoms with Crippen molar-refractivity contribution in [1.82, 2.24) is 0 Å². The Morgan fingerprint density at radius 1 is 1.05 bits per heavy atom. The Labute approximate surface area is 138 Å². The van der Waals surface area contributed by atoms with Crippen LogP contribution in [0.5, 0.6) is 0 Å². The molecule has 0 atom stereocenters. The summed E-state index contributed by atoms with van der Waals surface area (Å²) in [4.78, 5) is 23.6. The van der Waals surface area contributed by atoms with Gasteiger partial charge in [0.05, 0.1) is 5.56 Å². The molecule has 1 amide bonds. The number of hydrogen-bond acceptors (Lipinski definition) is 3. The molecule has 4 nitrogen and oxygen atoms in total. The van der Waals surface area contributed by atoms with Crippen LogP contribution in [-0.4, -0.2) is 18.5 Å². The van der Waals surface area contributed by atoms with Crippen molar-refractivity contribution < 1.29 is 14.3 Å². The second-order valence-corrected chi connectivity index (χ2v) is 5.52. The Morgan fingerprint density at radius 3 is 2.23 bits per heavy atom. The molecule has 0 bridgehead atoms. The highest BCUT2D eigenvalue weighted by atomic mass is 35.5. The van der Waals surface area contributed by atoms with Gasteiger partial charge in [0.25, 0.3) is 5.91 Å². The third kappa shape index (κ3) is 4.76. The third-order valence-corrected chi connectivity index (χ3v) is 3.20. The first-order valence-electron chi connectivity index (χ1n) is 6.44. The van der Waals surface area contributed by atoms with Gasteiger partial charge in [0.15, 0.2) is 6.61 Å². The fourth-order valence-electron chi connectivity index (χ4n) is 1.72. The Hall–Kier alpha value is -2.04. The molecule has 114 valence electrons. The predicted octanol–water partition coefficient (Wildman–Crippen LogP) is 4.10. The van der Waals surface area contributed by atoms with Crippen LogP contribution in [-0.2, 0) is 9.53 Å². The summed E-state index contributed by atoms with van der Waals surface area (Å²) in [5.74, 6) is -1.09. The van der Waals surface area contributed by atoms with Crippen molar-refractivity contribution in [2.75, 3.05) is 11.9 Å².